The predicted molar refractivity (Wildman–Crippen MR) is 146 cm³/mol. The van der Waals surface area contributed by atoms with Crippen LogP contribution in [-0.4, -0.2) is 46.6 Å². The van der Waals surface area contributed by atoms with Crippen LogP contribution in [0.2, 0.25) is 0 Å². The van der Waals surface area contributed by atoms with Crippen LogP contribution in [0.5, 0.6) is 11.5 Å². The van der Waals surface area contributed by atoms with Crippen molar-refractivity contribution >= 4 is 55.8 Å². The molecule has 1 unspecified atom stereocenters. The number of carbonyl (C=O) groups is 3. The van der Waals surface area contributed by atoms with Gasteiger partial charge in [-0.15, -0.1) is 0 Å². The molecule has 2 heterocycles. The van der Waals surface area contributed by atoms with Crippen molar-refractivity contribution in [2.75, 3.05) is 18.6 Å². The maximum atomic E-state index is 13.5. The summed E-state index contributed by atoms with van der Waals surface area (Å²) in [5, 5.41) is 21.9. The summed E-state index contributed by atoms with van der Waals surface area (Å²) in [5.74, 6) is -2.85. The number of thiazole rings is 1. The van der Waals surface area contributed by atoms with Gasteiger partial charge in [0.1, 0.15) is 10.6 Å². The summed E-state index contributed by atoms with van der Waals surface area (Å²) in [6.07, 6.45) is 0. The number of carbonyl (C=O) groups excluding carboxylic acids is 3. The molecule has 0 spiro atoms. The Morgan fingerprint density at radius 3 is 2.55 bits per heavy atom. The standard InChI is InChI=1S/C27H25BrN2O7S/c1-6-37-26(35)24-14(4)29-27(38-24)30-20(15-10-17(28)22(32)18(11-15)36-5)19(23(33)25(30)34)21(31)16-9-12(2)7-8-13(16)3/h7-11,20,31-32H,6H2,1-5H3/b21-19+. The first kappa shape index (κ1) is 27.3. The Balaban J connectivity index is 2.01. The lowest BCUT2D eigenvalue weighted by atomic mass is 9.93. The van der Waals surface area contributed by atoms with Crippen LogP contribution in [0, 0.1) is 20.8 Å². The number of amides is 1. The van der Waals surface area contributed by atoms with Gasteiger partial charge in [-0.3, -0.25) is 14.5 Å². The molecule has 1 aliphatic rings. The average molecular weight is 601 g/mol. The number of benzene rings is 2. The van der Waals surface area contributed by atoms with E-state index in [1.54, 1.807) is 26.8 Å². The number of halogens is 1. The van der Waals surface area contributed by atoms with Crippen molar-refractivity contribution in [3.63, 3.8) is 0 Å². The van der Waals surface area contributed by atoms with Gasteiger partial charge in [0.15, 0.2) is 16.6 Å². The van der Waals surface area contributed by atoms with E-state index in [9.17, 15) is 24.6 Å². The number of aromatic nitrogens is 1. The highest BCUT2D eigenvalue weighted by molar-refractivity contribution is 9.10. The zero-order chi connectivity index (χ0) is 27.9. The first-order valence-electron chi connectivity index (χ1n) is 11.6. The smallest absolute Gasteiger partial charge is 0.350 e. The second-order valence-corrected chi connectivity index (χ2v) is 10.5. The number of ketones is 1. The van der Waals surface area contributed by atoms with Crippen molar-refractivity contribution in [2.45, 2.75) is 33.7 Å². The van der Waals surface area contributed by atoms with E-state index < -0.39 is 23.7 Å². The number of ether oxygens (including phenoxy) is 2. The zero-order valence-electron chi connectivity index (χ0n) is 21.3. The summed E-state index contributed by atoms with van der Waals surface area (Å²) in [5.41, 5.74) is 2.50. The first-order valence-corrected chi connectivity index (χ1v) is 13.2. The van der Waals surface area contributed by atoms with E-state index in [4.69, 9.17) is 9.47 Å². The molecule has 2 N–H and O–H groups in total. The molecule has 4 rings (SSSR count). The van der Waals surface area contributed by atoms with Crippen molar-refractivity contribution in [3.05, 3.63) is 73.2 Å². The normalized spacial score (nSPS) is 16.7. The van der Waals surface area contributed by atoms with E-state index in [1.165, 1.54) is 19.2 Å². The molecule has 2 aromatic carbocycles. The van der Waals surface area contributed by atoms with E-state index in [1.807, 2.05) is 19.1 Å². The van der Waals surface area contributed by atoms with Crippen LogP contribution in [0.25, 0.3) is 5.76 Å². The van der Waals surface area contributed by atoms with Crippen LogP contribution in [0.15, 0.2) is 40.4 Å². The topological polar surface area (TPSA) is 126 Å². The molecule has 0 aliphatic carbocycles. The number of hydrogen-bond donors (Lipinski definition) is 2. The Bertz CT molecular complexity index is 1510. The maximum absolute atomic E-state index is 13.5. The van der Waals surface area contributed by atoms with E-state index in [0.29, 0.717) is 22.4 Å². The van der Waals surface area contributed by atoms with Crippen LogP contribution in [0.1, 0.15) is 50.6 Å². The fraction of sp³-hybridized carbons (Fsp3) is 0.259. The van der Waals surface area contributed by atoms with E-state index in [0.717, 1.165) is 21.8 Å². The van der Waals surface area contributed by atoms with Crippen molar-refractivity contribution in [1.29, 1.82) is 0 Å². The minimum absolute atomic E-state index is 0.0841. The Kier molecular flexibility index (Phi) is 7.61. The van der Waals surface area contributed by atoms with Gasteiger partial charge in [-0.1, -0.05) is 29.0 Å². The molecule has 0 saturated carbocycles. The third-order valence-electron chi connectivity index (χ3n) is 6.13. The highest BCUT2D eigenvalue weighted by Gasteiger charge is 2.49. The molecule has 198 valence electrons. The molecule has 1 saturated heterocycles. The number of aliphatic hydroxyl groups excluding tert-OH is 1. The second-order valence-electron chi connectivity index (χ2n) is 8.67. The lowest BCUT2D eigenvalue weighted by Crippen LogP contribution is -2.29. The number of nitrogens with zero attached hydrogens (tertiary/aromatic N) is 2. The van der Waals surface area contributed by atoms with E-state index in [2.05, 4.69) is 20.9 Å². The monoisotopic (exact) mass is 600 g/mol. The van der Waals surface area contributed by atoms with Gasteiger partial charge < -0.3 is 19.7 Å². The first-order chi connectivity index (χ1) is 18.0. The van der Waals surface area contributed by atoms with Crippen molar-refractivity contribution in [1.82, 2.24) is 4.98 Å². The molecular weight excluding hydrogens is 576 g/mol. The largest absolute Gasteiger partial charge is 0.507 e. The van der Waals surface area contributed by atoms with Gasteiger partial charge in [-0.25, -0.2) is 9.78 Å². The number of esters is 1. The number of rotatable bonds is 6. The van der Waals surface area contributed by atoms with Gasteiger partial charge in [-0.2, -0.15) is 0 Å². The fourth-order valence-corrected chi connectivity index (χ4v) is 5.71. The molecule has 1 amide bonds. The number of anilines is 1. The minimum Gasteiger partial charge on any atom is -0.507 e. The van der Waals surface area contributed by atoms with Crippen LogP contribution in [-0.2, 0) is 14.3 Å². The maximum Gasteiger partial charge on any atom is 0.350 e. The summed E-state index contributed by atoms with van der Waals surface area (Å²) >= 11 is 4.21. The van der Waals surface area contributed by atoms with Crippen molar-refractivity contribution in [2.24, 2.45) is 0 Å². The highest BCUT2D eigenvalue weighted by Crippen LogP contribution is 2.47. The second kappa shape index (κ2) is 10.6. The molecule has 11 heteroatoms. The van der Waals surface area contributed by atoms with E-state index in [-0.39, 0.29) is 43.9 Å². The molecule has 1 atom stereocenters. The number of methoxy groups -OCH3 is 1. The van der Waals surface area contributed by atoms with Crippen LogP contribution in [0.4, 0.5) is 5.13 Å². The summed E-state index contributed by atoms with van der Waals surface area (Å²) < 4.78 is 10.7. The number of aliphatic hydroxyl groups is 1. The zero-order valence-corrected chi connectivity index (χ0v) is 23.7. The molecule has 1 aliphatic heterocycles. The van der Waals surface area contributed by atoms with Gasteiger partial charge in [-0.05, 0) is 73.0 Å². The van der Waals surface area contributed by atoms with Crippen LogP contribution < -0.4 is 9.64 Å². The molecular formula is C27H25BrN2O7S. The number of aromatic hydroxyl groups is 1. The fourth-order valence-electron chi connectivity index (χ4n) is 4.26. The summed E-state index contributed by atoms with van der Waals surface area (Å²) in [6.45, 7) is 7.08. The van der Waals surface area contributed by atoms with Crippen LogP contribution in [0.3, 0.4) is 0 Å². The predicted octanol–water partition coefficient (Wildman–Crippen LogP) is 5.35. The third kappa shape index (κ3) is 4.67. The Hall–Kier alpha value is -3.70. The number of phenolic OH excluding ortho intramolecular Hbond substituents is 1. The van der Waals surface area contributed by atoms with Crippen LogP contribution >= 0.6 is 27.3 Å². The number of phenols is 1. The summed E-state index contributed by atoms with van der Waals surface area (Å²) in [7, 11) is 1.37. The summed E-state index contributed by atoms with van der Waals surface area (Å²) in [6, 6.07) is 7.29. The lowest BCUT2D eigenvalue weighted by molar-refractivity contribution is -0.132. The number of aryl methyl sites for hydroxylation is 3. The molecule has 0 radical (unpaired) electrons. The minimum atomic E-state index is -1.14. The lowest BCUT2D eigenvalue weighted by Gasteiger charge is -2.24. The molecule has 1 fully saturated rings. The average Bonchev–Trinajstić information content (AvgIpc) is 3.38. The van der Waals surface area contributed by atoms with Gasteiger partial charge in [0.05, 0.1) is 35.5 Å². The summed E-state index contributed by atoms with van der Waals surface area (Å²) in [4.78, 5) is 45.2. The van der Waals surface area contributed by atoms with Gasteiger partial charge in [0.2, 0.25) is 0 Å². The van der Waals surface area contributed by atoms with Crippen molar-refractivity contribution in [3.8, 4) is 11.5 Å². The van der Waals surface area contributed by atoms with Crippen molar-refractivity contribution < 1.29 is 34.1 Å². The number of Topliss-reactive ketones (excluding diaryl/α,β-unsaturated/α-hetero) is 1. The quantitative estimate of drug-likeness (QED) is 0.168. The highest BCUT2D eigenvalue weighted by atomic mass is 79.9. The van der Waals surface area contributed by atoms with E-state index >= 15 is 0 Å². The molecule has 38 heavy (non-hydrogen) atoms. The Morgan fingerprint density at radius 1 is 1.18 bits per heavy atom. The number of hydrogen-bond acceptors (Lipinski definition) is 9. The SMILES string of the molecule is CCOC(=O)c1sc(N2C(=O)C(=O)/C(=C(/O)c3cc(C)ccc3C)C2c2cc(Br)c(O)c(OC)c2)nc1C. The van der Waals surface area contributed by atoms with Gasteiger partial charge >= 0.3 is 11.9 Å². The Morgan fingerprint density at radius 2 is 1.89 bits per heavy atom. The van der Waals surface area contributed by atoms with Gasteiger partial charge in [0, 0.05) is 5.56 Å². The molecule has 0 bridgehead atoms. The molecule has 9 nitrogen and oxygen atoms in total. The van der Waals surface area contributed by atoms with Gasteiger partial charge in [0.25, 0.3) is 5.78 Å². The molecule has 3 aromatic rings. The molecule has 1 aromatic heterocycles. The Labute approximate surface area is 231 Å². The third-order valence-corrected chi connectivity index (χ3v) is 7.87.